The van der Waals surface area contributed by atoms with Crippen LogP contribution in [0.5, 0.6) is 0 Å². The first-order chi connectivity index (χ1) is 7.24. The summed E-state index contributed by atoms with van der Waals surface area (Å²) in [5, 5.41) is 12.6. The van der Waals surface area contributed by atoms with E-state index in [9.17, 15) is 5.11 Å². The summed E-state index contributed by atoms with van der Waals surface area (Å²) in [6.45, 7) is 0. The number of nitrogens with one attached hydrogen (secondary N) is 1. The van der Waals surface area contributed by atoms with Crippen LogP contribution in [0.25, 0.3) is 0 Å². The molecule has 2 N–H and O–H groups in total. The Morgan fingerprint density at radius 2 is 1.80 bits per heavy atom. The largest absolute Gasteiger partial charge is 0.393 e. The molecule has 0 unspecified atom stereocenters. The van der Waals surface area contributed by atoms with Gasteiger partial charge in [0, 0.05) is 18.4 Å². The van der Waals surface area contributed by atoms with Crippen LogP contribution in [-0.2, 0) is 0 Å². The first kappa shape index (κ1) is 10.8. The lowest BCUT2D eigenvalue weighted by Gasteiger charge is -2.25. The van der Waals surface area contributed by atoms with E-state index in [1.54, 1.807) is 12.4 Å². The lowest BCUT2D eigenvalue weighted by molar-refractivity contribution is 0.126. The lowest BCUT2D eigenvalue weighted by Crippen LogP contribution is -2.28. The summed E-state index contributed by atoms with van der Waals surface area (Å²) in [6.07, 6.45) is 7.05. The number of hydrogen-bond acceptors (Lipinski definition) is 4. The monoisotopic (exact) mass is 271 g/mol. The molecule has 2 rings (SSSR count). The number of aromatic nitrogens is 2. The van der Waals surface area contributed by atoms with Crippen molar-refractivity contribution in [1.29, 1.82) is 0 Å². The molecule has 0 atom stereocenters. The summed E-state index contributed by atoms with van der Waals surface area (Å²) < 4.78 is 0.882. The minimum absolute atomic E-state index is 0.117. The van der Waals surface area contributed by atoms with Crippen molar-refractivity contribution in [3.8, 4) is 0 Å². The normalized spacial score (nSPS) is 26.3. The van der Waals surface area contributed by atoms with Gasteiger partial charge in [-0.15, -0.1) is 0 Å². The highest BCUT2D eigenvalue weighted by Crippen LogP contribution is 2.20. The molecule has 4 nitrogen and oxygen atoms in total. The first-order valence-corrected chi connectivity index (χ1v) is 5.95. The van der Waals surface area contributed by atoms with Gasteiger partial charge < -0.3 is 10.4 Å². The van der Waals surface area contributed by atoms with Gasteiger partial charge in [-0.2, -0.15) is 0 Å². The summed E-state index contributed by atoms with van der Waals surface area (Å²) >= 11 is 3.29. The number of aliphatic hydroxyl groups excluding tert-OH is 1. The van der Waals surface area contributed by atoms with E-state index >= 15 is 0 Å². The van der Waals surface area contributed by atoms with Crippen LogP contribution in [-0.4, -0.2) is 27.2 Å². The Morgan fingerprint density at radius 3 is 2.40 bits per heavy atom. The van der Waals surface area contributed by atoms with Crippen LogP contribution in [0.15, 0.2) is 16.9 Å². The van der Waals surface area contributed by atoms with Gasteiger partial charge in [0.1, 0.15) is 0 Å². The van der Waals surface area contributed by atoms with E-state index in [1.807, 2.05) is 0 Å². The van der Waals surface area contributed by atoms with Gasteiger partial charge in [-0.25, -0.2) is 9.97 Å². The number of anilines is 1. The van der Waals surface area contributed by atoms with Crippen LogP contribution in [0.4, 0.5) is 5.95 Å². The SMILES string of the molecule is OC1CCC(Nc2ncc(Br)cn2)CC1. The zero-order valence-electron chi connectivity index (χ0n) is 8.36. The standard InChI is InChI=1S/C10H14BrN3O/c11-7-5-12-10(13-6-7)14-8-1-3-9(15)4-2-8/h5-6,8-9,15H,1-4H2,(H,12,13,14). The highest BCUT2D eigenvalue weighted by Gasteiger charge is 2.19. The maximum absolute atomic E-state index is 9.36. The third-order valence-corrected chi connectivity index (χ3v) is 3.06. The lowest BCUT2D eigenvalue weighted by atomic mass is 9.93. The second-order valence-corrected chi connectivity index (χ2v) is 4.79. The predicted molar refractivity (Wildman–Crippen MR) is 61.6 cm³/mol. The Hall–Kier alpha value is -0.680. The van der Waals surface area contributed by atoms with Gasteiger partial charge in [-0.1, -0.05) is 0 Å². The van der Waals surface area contributed by atoms with Gasteiger partial charge in [0.2, 0.25) is 5.95 Å². The Bertz CT molecular complexity index is 309. The number of nitrogens with zero attached hydrogens (tertiary/aromatic N) is 2. The number of rotatable bonds is 2. The smallest absolute Gasteiger partial charge is 0.222 e. The molecule has 0 aromatic carbocycles. The van der Waals surface area contributed by atoms with Crippen molar-refractivity contribution >= 4 is 21.9 Å². The first-order valence-electron chi connectivity index (χ1n) is 5.16. The summed E-state index contributed by atoms with van der Waals surface area (Å²) in [7, 11) is 0. The van der Waals surface area contributed by atoms with Gasteiger partial charge in [0.15, 0.2) is 0 Å². The van der Waals surface area contributed by atoms with Crippen LogP contribution >= 0.6 is 15.9 Å². The summed E-state index contributed by atoms with van der Waals surface area (Å²) in [5.74, 6) is 0.666. The summed E-state index contributed by atoms with van der Waals surface area (Å²) in [6, 6.07) is 0.398. The second-order valence-electron chi connectivity index (χ2n) is 3.87. The zero-order valence-corrected chi connectivity index (χ0v) is 9.94. The summed E-state index contributed by atoms with van der Waals surface area (Å²) in [5.41, 5.74) is 0. The summed E-state index contributed by atoms with van der Waals surface area (Å²) in [4.78, 5) is 8.32. The third-order valence-electron chi connectivity index (χ3n) is 2.65. The molecular weight excluding hydrogens is 258 g/mol. The predicted octanol–water partition coefficient (Wildman–Crippen LogP) is 1.95. The molecule has 15 heavy (non-hydrogen) atoms. The van der Waals surface area contributed by atoms with Crippen LogP contribution < -0.4 is 5.32 Å². The van der Waals surface area contributed by atoms with E-state index in [1.165, 1.54) is 0 Å². The molecule has 1 aromatic rings. The van der Waals surface area contributed by atoms with E-state index in [0.717, 1.165) is 30.2 Å². The molecule has 1 fully saturated rings. The average molecular weight is 272 g/mol. The minimum atomic E-state index is -0.117. The Balaban J connectivity index is 1.89. The van der Waals surface area contributed by atoms with Gasteiger partial charge in [-0.3, -0.25) is 0 Å². The van der Waals surface area contributed by atoms with Crippen molar-refractivity contribution in [2.45, 2.75) is 37.8 Å². The number of halogens is 1. The molecule has 1 aliphatic carbocycles. The Labute approximate surface area is 97.3 Å². The molecule has 0 radical (unpaired) electrons. The van der Waals surface area contributed by atoms with Gasteiger partial charge in [-0.05, 0) is 41.6 Å². The van der Waals surface area contributed by atoms with Crippen molar-refractivity contribution in [3.63, 3.8) is 0 Å². The molecule has 1 saturated carbocycles. The van der Waals surface area contributed by atoms with Gasteiger partial charge >= 0.3 is 0 Å². The van der Waals surface area contributed by atoms with Crippen molar-refractivity contribution < 1.29 is 5.11 Å². The zero-order chi connectivity index (χ0) is 10.7. The maximum Gasteiger partial charge on any atom is 0.222 e. The fourth-order valence-electron chi connectivity index (χ4n) is 1.79. The van der Waals surface area contributed by atoms with Gasteiger partial charge in [0.05, 0.1) is 10.6 Å². The van der Waals surface area contributed by atoms with Crippen LogP contribution in [0, 0.1) is 0 Å². The number of hydrogen-bond donors (Lipinski definition) is 2. The molecule has 0 spiro atoms. The quantitative estimate of drug-likeness (QED) is 0.864. The molecule has 5 heteroatoms. The van der Waals surface area contributed by atoms with Crippen LogP contribution in [0.2, 0.25) is 0 Å². The molecule has 0 saturated heterocycles. The molecule has 0 bridgehead atoms. The topological polar surface area (TPSA) is 58.0 Å². The van der Waals surface area contributed by atoms with E-state index in [-0.39, 0.29) is 6.10 Å². The Morgan fingerprint density at radius 1 is 1.20 bits per heavy atom. The van der Waals surface area contributed by atoms with Crippen molar-refractivity contribution in [3.05, 3.63) is 16.9 Å². The average Bonchev–Trinajstić information content (AvgIpc) is 2.25. The van der Waals surface area contributed by atoms with E-state index in [4.69, 9.17) is 0 Å². The van der Waals surface area contributed by atoms with Crippen molar-refractivity contribution in [1.82, 2.24) is 9.97 Å². The van der Waals surface area contributed by atoms with E-state index < -0.39 is 0 Å². The van der Waals surface area contributed by atoms with Gasteiger partial charge in [0.25, 0.3) is 0 Å². The maximum atomic E-state index is 9.36. The van der Waals surface area contributed by atoms with E-state index in [0.29, 0.717) is 12.0 Å². The van der Waals surface area contributed by atoms with Crippen molar-refractivity contribution in [2.24, 2.45) is 0 Å². The minimum Gasteiger partial charge on any atom is -0.393 e. The van der Waals surface area contributed by atoms with Crippen LogP contribution in [0.1, 0.15) is 25.7 Å². The van der Waals surface area contributed by atoms with Crippen molar-refractivity contribution in [2.75, 3.05) is 5.32 Å². The highest BCUT2D eigenvalue weighted by atomic mass is 79.9. The third kappa shape index (κ3) is 3.14. The molecule has 0 amide bonds. The molecule has 1 aromatic heterocycles. The van der Waals surface area contributed by atoms with Crippen LogP contribution in [0.3, 0.4) is 0 Å². The fraction of sp³-hybridized carbons (Fsp3) is 0.600. The Kier molecular flexibility index (Phi) is 3.53. The molecule has 0 aliphatic heterocycles. The highest BCUT2D eigenvalue weighted by molar-refractivity contribution is 9.10. The van der Waals surface area contributed by atoms with E-state index in [2.05, 4.69) is 31.2 Å². The molecule has 1 heterocycles. The fourth-order valence-corrected chi connectivity index (χ4v) is 1.99. The molecule has 1 aliphatic rings. The number of aliphatic hydroxyl groups is 1. The second kappa shape index (κ2) is 4.90. The molecular formula is C10H14BrN3O. The molecule has 82 valence electrons.